The summed E-state index contributed by atoms with van der Waals surface area (Å²) in [5, 5.41) is 7.06. The van der Waals surface area contributed by atoms with Crippen molar-refractivity contribution in [2.45, 2.75) is 69.9 Å². The minimum absolute atomic E-state index is 0.0134. The van der Waals surface area contributed by atoms with Crippen LogP contribution in [-0.2, 0) is 42.1 Å². The molecule has 1 heterocycles. The molecule has 0 spiro atoms. The van der Waals surface area contributed by atoms with E-state index in [0.29, 0.717) is 6.42 Å². The Morgan fingerprint density at radius 2 is 1.72 bits per heavy atom. The molecule has 1 aromatic carbocycles. The Morgan fingerprint density at radius 3 is 2.28 bits per heavy atom. The van der Waals surface area contributed by atoms with Gasteiger partial charge in [0.1, 0.15) is 0 Å². The molecule has 8 nitrogen and oxygen atoms in total. The lowest BCUT2D eigenvalue weighted by Gasteiger charge is -2.16. The van der Waals surface area contributed by atoms with Crippen LogP contribution in [0.2, 0.25) is 0 Å². The average molecular weight is 460 g/mol. The molecular formula is C23H33N5O3S. The quantitative estimate of drug-likeness (QED) is 0.663. The van der Waals surface area contributed by atoms with Crippen LogP contribution in [-0.4, -0.2) is 49.8 Å². The van der Waals surface area contributed by atoms with Crippen molar-refractivity contribution in [3.8, 4) is 0 Å². The molecule has 2 amide bonds. The number of urea groups is 1. The number of hydrogen-bond donors (Lipinski definition) is 2. The highest BCUT2D eigenvalue weighted by molar-refractivity contribution is 7.90. The van der Waals surface area contributed by atoms with Gasteiger partial charge in [0.15, 0.2) is 5.03 Å². The van der Waals surface area contributed by atoms with Gasteiger partial charge in [0, 0.05) is 36.5 Å². The number of nitrogens with one attached hydrogen (secondary N) is 2. The average Bonchev–Trinajstić information content (AvgIpc) is 3.44. The Labute approximate surface area is 190 Å². The highest BCUT2D eigenvalue weighted by Gasteiger charge is 2.28. The maximum absolute atomic E-state index is 13.0. The summed E-state index contributed by atoms with van der Waals surface area (Å²) in [6.45, 7) is 4.69. The van der Waals surface area contributed by atoms with Crippen LogP contribution in [0, 0.1) is 0 Å². The van der Waals surface area contributed by atoms with Gasteiger partial charge >= 0.3 is 6.03 Å². The van der Waals surface area contributed by atoms with E-state index >= 15 is 0 Å². The zero-order valence-electron chi connectivity index (χ0n) is 19.4. The largest absolute Gasteiger partial charge is 0.333 e. The fourth-order valence-corrected chi connectivity index (χ4v) is 5.68. The van der Waals surface area contributed by atoms with E-state index in [1.165, 1.54) is 11.1 Å². The van der Waals surface area contributed by atoms with Gasteiger partial charge in [-0.05, 0) is 88.7 Å². The molecule has 0 atom stereocenters. The number of aromatic nitrogens is 2. The maximum atomic E-state index is 13.0. The summed E-state index contributed by atoms with van der Waals surface area (Å²) in [5.41, 5.74) is 6.53. The summed E-state index contributed by atoms with van der Waals surface area (Å²) in [5.74, 6) is 0. The normalized spacial score (nSPS) is 15.3. The number of carbonyl (C=O) groups is 1. The van der Waals surface area contributed by atoms with Gasteiger partial charge in [0.25, 0.3) is 10.0 Å². The molecule has 1 aromatic heterocycles. The molecule has 2 aromatic rings. The van der Waals surface area contributed by atoms with Crippen molar-refractivity contribution in [2.24, 2.45) is 0 Å². The summed E-state index contributed by atoms with van der Waals surface area (Å²) in [6, 6.07) is 3.13. The molecule has 32 heavy (non-hydrogen) atoms. The topological polar surface area (TPSA) is 96.3 Å². The van der Waals surface area contributed by atoms with Crippen LogP contribution in [0.4, 0.5) is 10.5 Å². The van der Waals surface area contributed by atoms with Crippen molar-refractivity contribution in [1.29, 1.82) is 0 Å². The second kappa shape index (κ2) is 8.86. The highest BCUT2D eigenvalue weighted by atomic mass is 32.2. The Hall–Kier alpha value is -2.39. The van der Waals surface area contributed by atoms with E-state index in [4.69, 9.17) is 0 Å². The molecular weight excluding hydrogens is 426 g/mol. The van der Waals surface area contributed by atoms with E-state index in [1.54, 1.807) is 10.7 Å². The molecule has 2 N–H and O–H groups in total. The molecule has 0 unspecified atom stereocenters. The molecule has 4 rings (SSSR count). The van der Waals surface area contributed by atoms with Crippen molar-refractivity contribution in [2.75, 3.05) is 26.0 Å². The molecule has 0 bridgehead atoms. The number of aryl methyl sites for hydroxylation is 2. The monoisotopic (exact) mass is 459 g/mol. The Kier molecular flexibility index (Phi) is 6.31. The number of carbonyl (C=O) groups excluding carboxylic acids is 1. The lowest BCUT2D eigenvalue weighted by Crippen LogP contribution is -2.35. The second-order valence-corrected chi connectivity index (χ2v) is 11.0. The van der Waals surface area contributed by atoms with Gasteiger partial charge < -0.3 is 10.2 Å². The Morgan fingerprint density at radius 1 is 1.09 bits per heavy atom. The van der Waals surface area contributed by atoms with E-state index in [0.717, 1.165) is 67.6 Å². The molecule has 174 valence electrons. The van der Waals surface area contributed by atoms with Gasteiger partial charge in [0.2, 0.25) is 0 Å². The van der Waals surface area contributed by atoms with Crippen molar-refractivity contribution < 1.29 is 13.2 Å². The summed E-state index contributed by atoms with van der Waals surface area (Å²) in [7, 11) is -0.151. The number of amides is 2. The Bertz CT molecular complexity index is 1100. The standard InChI is InChI=1S/C23H33N5O3S/c1-15(2)28-18(11-12-27(3)4)14-21(25-28)32(30,31)26-23(29)24-22-19-9-5-7-16(19)13-17-8-6-10-20(17)22/h13-15H,5-12H2,1-4H3,(H2,24,26,29). The third kappa shape index (κ3) is 4.54. The smallest absolute Gasteiger partial charge is 0.309 e. The van der Waals surface area contributed by atoms with Crippen molar-refractivity contribution in [1.82, 2.24) is 19.4 Å². The van der Waals surface area contributed by atoms with Crippen LogP contribution in [0.5, 0.6) is 0 Å². The molecule has 2 aliphatic carbocycles. The van der Waals surface area contributed by atoms with Gasteiger partial charge in [-0.2, -0.15) is 13.5 Å². The number of benzene rings is 1. The first kappa shape index (κ1) is 22.8. The van der Waals surface area contributed by atoms with Crippen LogP contribution in [0.15, 0.2) is 17.2 Å². The highest BCUT2D eigenvalue weighted by Crippen LogP contribution is 2.38. The van der Waals surface area contributed by atoms with Gasteiger partial charge in [-0.3, -0.25) is 4.68 Å². The van der Waals surface area contributed by atoms with Gasteiger partial charge in [-0.1, -0.05) is 6.07 Å². The van der Waals surface area contributed by atoms with E-state index in [2.05, 4.69) is 21.2 Å². The number of hydrogen-bond acceptors (Lipinski definition) is 5. The molecule has 2 aliphatic rings. The number of rotatable bonds is 7. The lowest BCUT2D eigenvalue weighted by molar-refractivity contribution is 0.256. The fourth-order valence-electron chi connectivity index (χ4n) is 4.79. The van der Waals surface area contributed by atoms with Crippen LogP contribution >= 0.6 is 0 Å². The summed E-state index contributed by atoms with van der Waals surface area (Å²) in [6.07, 6.45) is 6.66. The second-order valence-electron chi connectivity index (χ2n) is 9.36. The molecule has 0 saturated heterocycles. The molecule has 9 heteroatoms. The van der Waals surface area contributed by atoms with E-state index in [-0.39, 0.29) is 11.1 Å². The number of nitrogens with zero attached hydrogens (tertiary/aromatic N) is 3. The Balaban J connectivity index is 1.55. The van der Waals surface area contributed by atoms with Crippen molar-refractivity contribution in [3.63, 3.8) is 0 Å². The van der Waals surface area contributed by atoms with Crippen LogP contribution in [0.3, 0.4) is 0 Å². The number of anilines is 1. The maximum Gasteiger partial charge on any atom is 0.333 e. The van der Waals surface area contributed by atoms with Crippen LogP contribution in [0.1, 0.15) is 60.7 Å². The molecule has 0 aliphatic heterocycles. The fraction of sp³-hybridized carbons (Fsp3) is 0.565. The van der Waals surface area contributed by atoms with Crippen LogP contribution in [0.25, 0.3) is 0 Å². The summed E-state index contributed by atoms with van der Waals surface area (Å²) >= 11 is 0. The minimum atomic E-state index is -4.09. The first-order valence-corrected chi connectivity index (χ1v) is 12.9. The third-order valence-corrected chi connectivity index (χ3v) is 7.51. The van der Waals surface area contributed by atoms with E-state index in [1.807, 2.05) is 32.8 Å². The minimum Gasteiger partial charge on any atom is -0.309 e. The number of likely N-dealkylation sites (N-methyl/N-ethyl adjacent to an activating group) is 1. The van der Waals surface area contributed by atoms with Crippen LogP contribution < -0.4 is 10.0 Å². The number of sulfonamides is 1. The first-order valence-electron chi connectivity index (χ1n) is 11.4. The van der Waals surface area contributed by atoms with Gasteiger partial charge in [0.05, 0.1) is 0 Å². The summed E-state index contributed by atoms with van der Waals surface area (Å²) < 4.78 is 29.8. The van der Waals surface area contributed by atoms with E-state index in [9.17, 15) is 13.2 Å². The SMILES string of the molecule is CC(C)n1nc(S(=O)(=O)NC(=O)Nc2c3c(cc4c2CCC4)CCC3)cc1CCN(C)C. The molecule has 0 radical (unpaired) electrons. The van der Waals surface area contributed by atoms with Crippen molar-refractivity contribution >= 4 is 21.7 Å². The van der Waals surface area contributed by atoms with Crippen molar-refractivity contribution in [3.05, 3.63) is 40.1 Å². The number of fused-ring (bicyclic) bond motifs is 2. The zero-order chi connectivity index (χ0) is 23.0. The predicted molar refractivity (Wildman–Crippen MR) is 125 cm³/mol. The molecule has 0 fully saturated rings. The molecule has 0 saturated carbocycles. The predicted octanol–water partition coefficient (Wildman–Crippen LogP) is 3.06. The van der Waals surface area contributed by atoms with E-state index < -0.39 is 16.1 Å². The van der Waals surface area contributed by atoms with Gasteiger partial charge in [-0.15, -0.1) is 0 Å². The first-order chi connectivity index (χ1) is 15.2. The lowest BCUT2D eigenvalue weighted by atomic mass is 9.99. The summed E-state index contributed by atoms with van der Waals surface area (Å²) in [4.78, 5) is 14.8. The zero-order valence-corrected chi connectivity index (χ0v) is 20.2. The van der Waals surface area contributed by atoms with Gasteiger partial charge in [-0.25, -0.2) is 9.52 Å². The third-order valence-electron chi connectivity index (χ3n) is 6.31.